The van der Waals surface area contributed by atoms with Gasteiger partial charge in [0.15, 0.2) is 0 Å². The zero-order valence-electron chi connectivity index (χ0n) is 25.0. The van der Waals surface area contributed by atoms with Crippen LogP contribution < -0.4 is 5.73 Å². The van der Waals surface area contributed by atoms with Crippen molar-refractivity contribution in [3.05, 3.63) is 0 Å². The van der Waals surface area contributed by atoms with Crippen molar-refractivity contribution in [1.29, 1.82) is 0 Å². The van der Waals surface area contributed by atoms with E-state index in [0.717, 1.165) is 57.8 Å². The van der Waals surface area contributed by atoms with Gasteiger partial charge in [0.2, 0.25) is 11.8 Å². The van der Waals surface area contributed by atoms with Gasteiger partial charge in [0.25, 0.3) is 0 Å². The minimum atomic E-state index is -4.66. The molecular formula is C31H49F6N3O2. The number of likely N-dealkylation sites (tertiary alicyclic amines) is 1. The van der Waals surface area contributed by atoms with E-state index in [9.17, 15) is 35.9 Å². The molecule has 2 N–H and O–H groups in total. The summed E-state index contributed by atoms with van der Waals surface area (Å²) in [5, 5.41) is 0. The Morgan fingerprint density at radius 3 is 1.81 bits per heavy atom. The minimum absolute atomic E-state index is 0.110. The maximum absolute atomic E-state index is 14.0. The fraction of sp³-hybridized carbons (Fsp3) is 0.935. The van der Waals surface area contributed by atoms with Crippen LogP contribution >= 0.6 is 0 Å². The number of primary amides is 1. The summed E-state index contributed by atoms with van der Waals surface area (Å²) >= 11 is 0. The third kappa shape index (κ3) is 7.76. The number of carbonyl (C=O) groups excluding carboxylic acids is 2. The molecule has 242 valence electrons. The second kappa shape index (κ2) is 13.6. The molecule has 1 aliphatic heterocycles. The maximum atomic E-state index is 14.0. The summed E-state index contributed by atoms with van der Waals surface area (Å²) in [5.74, 6) is -4.63. The third-order valence-corrected chi connectivity index (χ3v) is 11.3. The lowest BCUT2D eigenvalue weighted by Crippen LogP contribution is -2.58. The molecule has 0 aromatic heterocycles. The number of amides is 2. The molecule has 4 rings (SSSR count). The lowest BCUT2D eigenvalue weighted by atomic mass is 9.63. The standard InChI is InChI=1S/C31H49F6N3O2/c1-39(15-12-21-18-24(30(32,33)34)20-25(19-21)31(35,36)37)27(41)26(22-8-4-2-5-9-22)40-16-13-29(14-17-40,28(38)42)23-10-6-3-7-11-23/h21-26H,2-20H2,1H3,(H2,38,42). The Morgan fingerprint density at radius 1 is 0.833 bits per heavy atom. The maximum Gasteiger partial charge on any atom is 0.391 e. The highest BCUT2D eigenvalue weighted by Gasteiger charge is 2.52. The first-order valence-electron chi connectivity index (χ1n) is 16.1. The van der Waals surface area contributed by atoms with Gasteiger partial charge in [0.05, 0.1) is 23.3 Å². The van der Waals surface area contributed by atoms with Crippen molar-refractivity contribution >= 4 is 11.8 Å². The van der Waals surface area contributed by atoms with Crippen LogP contribution in [0.4, 0.5) is 26.3 Å². The molecule has 2 amide bonds. The summed E-state index contributed by atoms with van der Waals surface area (Å²) < 4.78 is 80.9. The summed E-state index contributed by atoms with van der Waals surface area (Å²) in [6.07, 6.45) is 0.832. The average Bonchev–Trinajstić information content (AvgIpc) is 2.96. The van der Waals surface area contributed by atoms with Crippen LogP contribution in [0.5, 0.6) is 0 Å². The van der Waals surface area contributed by atoms with Gasteiger partial charge >= 0.3 is 12.4 Å². The van der Waals surface area contributed by atoms with Crippen molar-refractivity contribution < 1.29 is 35.9 Å². The van der Waals surface area contributed by atoms with E-state index in [2.05, 4.69) is 4.90 Å². The molecule has 3 saturated carbocycles. The second-order valence-electron chi connectivity index (χ2n) is 13.8. The van der Waals surface area contributed by atoms with Crippen molar-refractivity contribution in [2.24, 2.45) is 40.7 Å². The molecule has 1 saturated heterocycles. The minimum Gasteiger partial charge on any atom is -0.369 e. The number of carbonyl (C=O) groups is 2. The van der Waals surface area contributed by atoms with Crippen LogP contribution in [-0.2, 0) is 9.59 Å². The number of nitrogens with zero attached hydrogens (tertiary/aromatic N) is 2. The molecule has 11 heteroatoms. The monoisotopic (exact) mass is 609 g/mol. The zero-order chi connectivity index (χ0) is 30.7. The molecular weight excluding hydrogens is 560 g/mol. The molecule has 4 fully saturated rings. The Bertz CT molecular complexity index is 883. The Labute approximate surface area is 246 Å². The molecule has 3 aliphatic carbocycles. The van der Waals surface area contributed by atoms with E-state index in [1.807, 2.05) is 0 Å². The predicted octanol–water partition coefficient (Wildman–Crippen LogP) is 7.09. The van der Waals surface area contributed by atoms with Crippen molar-refractivity contribution in [2.75, 3.05) is 26.7 Å². The summed E-state index contributed by atoms with van der Waals surface area (Å²) in [5.41, 5.74) is 5.47. The normalized spacial score (nSPS) is 29.6. The number of halogens is 6. The van der Waals surface area contributed by atoms with Gasteiger partial charge in [-0.3, -0.25) is 14.5 Å². The van der Waals surface area contributed by atoms with E-state index in [0.29, 0.717) is 25.9 Å². The smallest absolute Gasteiger partial charge is 0.369 e. The molecule has 42 heavy (non-hydrogen) atoms. The van der Waals surface area contributed by atoms with Gasteiger partial charge in [-0.2, -0.15) is 26.3 Å². The van der Waals surface area contributed by atoms with Crippen molar-refractivity contribution in [2.45, 2.75) is 121 Å². The lowest BCUT2D eigenvalue weighted by molar-refractivity contribution is -0.229. The molecule has 4 aliphatic rings. The lowest BCUT2D eigenvalue weighted by Gasteiger charge is -2.49. The molecule has 0 bridgehead atoms. The fourth-order valence-electron chi connectivity index (χ4n) is 8.74. The number of hydrogen-bond donors (Lipinski definition) is 1. The van der Waals surface area contributed by atoms with E-state index in [-0.39, 0.29) is 49.5 Å². The van der Waals surface area contributed by atoms with E-state index in [4.69, 9.17) is 5.73 Å². The van der Waals surface area contributed by atoms with Gasteiger partial charge in [-0.1, -0.05) is 38.5 Å². The molecule has 0 spiro atoms. The fourth-order valence-corrected chi connectivity index (χ4v) is 8.74. The summed E-state index contributed by atoms with van der Waals surface area (Å²) in [7, 11) is 1.63. The molecule has 3 atom stereocenters. The number of rotatable bonds is 8. The number of nitrogens with two attached hydrogens (primary N) is 1. The SMILES string of the molecule is CN(CCC1CC(C(F)(F)F)CC(C(F)(F)F)C1)C(=O)C(C1CCCCC1)N1CCC(C(N)=O)(C2CCCCC2)CC1. The highest BCUT2D eigenvalue weighted by atomic mass is 19.4. The van der Waals surface area contributed by atoms with Crippen molar-refractivity contribution in [3.63, 3.8) is 0 Å². The first-order valence-corrected chi connectivity index (χ1v) is 16.1. The third-order valence-electron chi connectivity index (χ3n) is 11.3. The Morgan fingerprint density at radius 2 is 1.33 bits per heavy atom. The first-order chi connectivity index (χ1) is 19.7. The van der Waals surface area contributed by atoms with E-state index >= 15 is 0 Å². The van der Waals surface area contributed by atoms with Crippen molar-refractivity contribution in [3.8, 4) is 0 Å². The van der Waals surface area contributed by atoms with Gasteiger partial charge in [-0.25, -0.2) is 0 Å². The van der Waals surface area contributed by atoms with Crippen LogP contribution in [-0.4, -0.2) is 66.7 Å². The van der Waals surface area contributed by atoms with Gasteiger partial charge < -0.3 is 10.6 Å². The van der Waals surface area contributed by atoms with Crippen LogP contribution in [0, 0.1) is 35.0 Å². The van der Waals surface area contributed by atoms with Crippen LogP contribution in [0.15, 0.2) is 0 Å². The van der Waals surface area contributed by atoms with E-state index in [1.165, 1.54) is 11.3 Å². The predicted molar refractivity (Wildman–Crippen MR) is 148 cm³/mol. The van der Waals surface area contributed by atoms with Gasteiger partial charge in [0.1, 0.15) is 0 Å². The summed E-state index contributed by atoms with van der Waals surface area (Å²) in [4.78, 5) is 30.5. The van der Waals surface area contributed by atoms with Gasteiger partial charge in [0, 0.05) is 13.6 Å². The summed E-state index contributed by atoms with van der Waals surface area (Å²) in [6, 6.07) is -0.398. The van der Waals surface area contributed by atoms with Crippen LogP contribution in [0.3, 0.4) is 0 Å². The highest BCUT2D eigenvalue weighted by Crippen LogP contribution is 2.49. The molecule has 0 aromatic carbocycles. The Kier molecular flexibility index (Phi) is 10.8. The number of hydrogen-bond acceptors (Lipinski definition) is 3. The van der Waals surface area contributed by atoms with Crippen LogP contribution in [0.2, 0.25) is 0 Å². The Hall–Kier alpha value is -1.52. The van der Waals surface area contributed by atoms with E-state index in [1.54, 1.807) is 7.05 Å². The van der Waals surface area contributed by atoms with E-state index < -0.39 is 48.0 Å². The molecule has 0 aromatic rings. The average molecular weight is 610 g/mol. The van der Waals surface area contributed by atoms with Gasteiger partial charge in [-0.05, 0) is 95.1 Å². The first kappa shape index (κ1) is 33.4. The van der Waals surface area contributed by atoms with Crippen LogP contribution in [0.25, 0.3) is 0 Å². The molecule has 5 nitrogen and oxygen atoms in total. The quantitative estimate of drug-likeness (QED) is 0.299. The summed E-state index contributed by atoms with van der Waals surface area (Å²) in [6.45, 7) is 1.30. The second-order valence-corrected chi connectivity index (χ2v) is 13.8. The number of piperidine rings is 1. The van der Waals surface area contributed by atoms with Crippen molar-refractivity contribution in [1.82, 2.24) is 9.80 Å². The topological polar surface area (TPSA) is 66.6 Å². The largest absolute Gasteiger partial charge is 0.391 e. The molecule has 0 radical (unpaired) electrons. The number of alkyl halides is 6. The molecule has 1 heterocycles. The molecule has 3 unspecified atom stereocenters. The van der Waals surface area contributed by atoms with Crippen LogP contribution in [0.1, 0.15) is 103 Å². The highest BCUT2D eigenvalue weighted by molar-refractivity contribution is 5.83. The van der Waals surface area contributed by atoms with Gasteiger partial charge in [-0.15, -0.1) is 0 Å². The number of likely N-dealkylation sites (N-methyl/N-ethyl adjacent to an activating group) is 1. The zero-order valence-corrected chi connectivity index (χ0v) is 25.0. The Balaban J connectivity index is 1.43.